The van der Waals surface area contributed by atoms with Gasteiger partial charge in [-0.05, 0) is 25.1 Å². The van der Waals surface area contributed by atoms with E-state index in [1.54, 1.807) is 43.3 Å². The SMILES string of the molecule is CCOC(=O)[C@@]12c3ccccc3C(=O)N1[C@@H](O)C[C@@H]2c1ccco1. The number of fused-ring (bicyclic) bond motifs is 3. The maximum absolute atomic E-state index is 13.0. The molecule has 1 N–H and O–H groups in total. The molecule has 1 saturated heterocycles. The zero-order valence-electron chi connectivity index (χ0n) is 13.1. The normalized spacial score (nSPS) is 27.9. The first-order chi connectivity index (χ1) is 11.6. The summed E-state index contributed by atoms with van der Waals surface area (Å²) in [5, 5.41) is 10.5. The molecule has 4 rings (SSSR count). The highest BCUT2D eigenvalue weighted by molar-refractivity contribution is 6.07. The van der Waals surface area contributed by atoms with Gasteiger partial charge in [0.05, 0.1) is 18.8 Å². The molecule has 6 heteroatoms. The Morgan fingerprint density at radius 1 is 1.38 bits per heavy atom. The van der Waals surface area contributed by atoms with Crippen LogP contribution in [0.3, 0.4) is 0 Å². The van der Waals surface area contributed by atoms with Gasteiger partial charge in [-0.25, -0.2) is 4.79 Å². The van der Waals surface area contributed by atoms with E-state index in [-0.39, 0.29) is 18.9 Å². The third-order valence-electron chi connectivity index (χ3n) is 4.89. The number of carbonyl (C=O) groups is 2. The van der Waals surface area contributed by atoms with Crippen LogP contribution in [-0.4, -0.2) is 34.7 Å². The fourth-order valence-electron chi connectivity index (χ4n) is 4.04. The number of hydrogen-bond donors (Lipinski definition) is 1. The summed E-state index contributed by atoms with van der Waals surface area (Å²) in [5.41, 5.74) is -0.409. The second-order valence-electron chi connectivity index (χ2n) is 5.99. The van der Waals surface area contributed by atoms with Crippen LogP contribution in [0.1, 0.15) is 40.9 Å². The number of furan rings is 1. The van der Waals surface area contributed by atoms with Crippen LogP contribution in [0.15, 0.2) is 47.1 Å². The van der Waals surface area contributed by atoms with Crippen LogP contribution in [0.4, 0.5) is 0 Å². The molecule has 0 aliphatic carbocycles. The standard InChI is InChI=1S/C18H17NO5/c1-2-23-17(22)18-12-7-4-3-6-11(12)16(21)19(18)15(20)10-13(18)14-8-5-9-24-14/h3-9,13,15,20H,2,10H2,1H3/t13-,15+,18+/m1/s1. The third kappa shape index (κ3) is 1.69. The Bertz CT molecular complexity index is 800. The number of benzene rings is 1. The Morgan fingerprint density at radius 3 is 2.88 bits per heavy atom. The molecule has 1 amide bonds. The molecule has 1 aromatic heterocycles. The number of amides is 1. The predicted octanol–water partition coefficient (Wildman–Crippen LogP) is 2.00. The van der Waals surface area contributed by atoms with Gasteiger partial charge in [-0.2, -0.15) is 0 Å². The molecular formula is C18H17NO5. The molecule has 3 heterocycles. The molecule has 124 valence electrons. The molecule has 2 aliphatic rings. The Morgan fingerprint density at radius 2 is 2.17 bits per heavy atom. The quantitative estimate of drug-likeness (QED) is 0.872. The lowest BCUT2D eigenvalue weighted by Crippen LogP contribution is -2.51. The van der Waals surface area contributed by atoms with Crippen LogP contribution >= 0.6 is 0 Å². The fourth-order valence-corrected chi connectivity index (χ4v) is 4.04. The lowest BCUT2D eigenvalue weighted by Gasteiger charge is -2.35. The van der Waals surface area contributed by atoms with Crippen LogP contribution in [-0.2, 0) is 15.1 Å². The molecule has 3 atom stereocenters. The highest BCUT2D eigenvalue weighted by atomic mass is 16.5. The van der Waals surface area contributed by atoms with Gasteiger partial charge >= 0.3 is 5.97 Å². The fraction of sp³-hybridized carbons (Fsp3) is 0.333. The maximum Gasteiger partial charge on any atom is 0.337 e. The van der Waals surface area contributed by atoms with Crippen LogP contribution in [0.5, 0.6) is 0 Å². The molecule has 0 unspecified atom stereocenters. The second-order valence-corrected chi connectivity index (χ2v) is 5.99. The number of aliphatic hydroxyl groups is 1. The molecule has 0 spiro atoms. The van der Waals surface area contributed by atoms with Gasteiger partial charge in [0.25, 0.3) is 5.91 Å². The Kier molecular flexibility index (Phi) is 3.25. The van der Waals surface area contributed by atoms with Gasteiger partial charge in [-0.1, -0.05) is 18.2 Å². The number of ether oxygens (including phenoxy) is 1. The van der Waals surface area contributed by atoms with Crippen molar-refractivity contribution in [1.82, 2.24) is 4.90 Å². The summed E-state index contributed by atoms with van der Waals surface area (Å²) >= 11 is 0. The van der Waals surface area contributed by atoms with E-state index >= 15 is 0 Å². The summed E-state index contributed by atoms with van der Waals surface area (Å²) in [6.45, 7) is 1.90. The smallest absolute Gasteiger partial charge is 0.337 e. The van der Waals surface area contributed by atoms with E-state index in [1.165, 1.54) is 11.2 Å². The topological polar surface area (TPSA) is 80.0 Å². The first kappa shape index (κ1) is 15.0. The van der Waals surface area contributed by atoms with Crippen molar-refractivity contribution in [3.05, 3.63) is 59.5 Å². The van der Waals surface area contributed by atoms with Gasteiger partial charge in [0.15, 0.2) is 5.54 Å². The van der Waals surface area contributed by atoms with Crippen molar-refractivity contribution in [3.8, 4) is 0 Å². The number of hydrogen-bond acceptors (Lipinski definition) is 5. The summed E-state index contributed by atoms with van der Waals surface area (Å²) in [7, 11) is 0. The molecule has 0 saturated carbocycles. The van der Waals surface area contributed by atoms with Crippen LogP contribution in [0, 0.1) is 0 Å². The van der Waals surface area contributed by atoms with Gasteiger partial charge in [-0.3, -0.25) is 9.69 Å². The van der Waals surface area contributed by atoms with Crippen molar-refractivity contribution >= 4 is 11.9 Å². The van der Waals surface area contributed by atoms with Crippen molar-refractivity contribution in [3.63, 3.8) is 0 Å². The van der Waals surface area contributed by atoms with Crippen LogP contribution < -0.4 is 0 Å². The molecule has 24 heavy (non-hydrogen) atoms. The Labute approximate surface area is 138 Å². The van der Waals surface area contributed by atoms with Crippen molar-refractivity contribution in [2.45, 2.75) is 31.0 Å². The molecule has 2 aromatic rings. The van der Waals surface area contributed by atoms with E-state index in [9.17, 15) is 14.7 Å². The zero-order valence-corrected chi connectivity index (χ0v) is 13.1. The molecule has 1 fully saturated rings. The number of esters is 1. The number of aliphatic hydroxyl groups excluding tert-OH is 1. The number of nitrogens with zero attached hydrogens (tertiary/aromatic N) is 1. The summed E-state index contributed by atoms with van der Waals surface area (Å²) in [4.78, 5) is 27.1. The number of rotatable bonds is 3. The average Bonchev–Trinajstić information content (AvgIpc) is 3.25. The largest absolute Gasteiger partial charge is 0.469 e. The van der Waals surface area contributed by atoms with Gasteiger partial charge in [0.2, 0.25) is 0 Å². The van der Waals surface area contributed by atoms with E-state index in [1.807, 2.05) is 0 Å². The van der Waals surface area contributed by atoms with Crippen LogP contribution in [0.25, 0.3) is 0 Å². The minimum absolute atomic E-state index is 0.186. The minimum Gasteiger partial charge on any atom is -0.469 e. The van der Waals surface area contributed by atoms with Crippen molar-refractivity contribution in [2.24, 2.45) is 0 Å². The lowest BCUT2D eigenvalue weighted by molar-refractivity contribution is -0.158. The molecule has 1 aromatic carbocycles. The molecule has 6 nitrogen and oxygen atoms in total. The Balaban J connectivity index is 1.99. The zero-order chi connectivity index (χ0) is 16.9. The highest BCUT2D eigenvalue weighted by Crippen LogP contribution is 2.56. The monoisotopic (exact) mass is 327 g/mol. The van der Waals surface area contributed by atoms with E-state index in [0.29, 0.717) is 16.9 Å². The third-order valence-corrected chi connectivity index (χ3v) is 4.89. The van der Waals surface area contributed by atoms with E-state index in [0.717, 1.165) is 0 Å². The molecule has 0 bridgehead atoms. The predicted molar refractivity (Wildman–Crippen MR) is 83.0 cm³/mol. The van der Waals surface area contributed by atoms with Crippen molar-refractivity contribution in [1.29, 1.82) is 0 Å². The van der Waals surface area contributed by atoms with Gasteiger partial charge in [0.1, 0.15) is 12.0 Å². The summed E-state index contributed by atoms with van der Waals surface area (Å²) in [5.74, 6) is -0.857. The van der Waals surface area contributed by atoms with E-state index in [2.05, 4.69) is 0 Å². The van der Waals surface area contributed by atoms with Gasteiger partial charge < -0.3 is 14.3 Å². The van der Waals surface area contributed by atoms with E-state index in [4.69, 9.17) is 9.15 Å². The molecule has 0 radical (unpaired) electrons. The van der Waals surface area contributed by atoms with Gasteiger partial charge in [-0.15, -0.1) is 0 Å². The van der Waals surface area contributed by atoms with Crippen molar-refractivity contribution < 1.29 is 23.8 Å². The van der Waals surface area contributed by atoms with Crippen LogP contribution in [0.2, 0.25) is 0 Å². The summed E-state index contributed by atoms with van der Waals surface area (Å²) < 4.78 is 10.8. The number of carbonyl (C=O) groups excluding carboxylic acids is 2. The van der Waals surface area contributed by atoms with Gasteiger partial charge in [0, 0.05) is 17.5 Å². The summed E-state index contributed by atoms with van der Waals surface area (Å²) in [6, 6.07) is 10.4. The van der Waals surface area contributed by atoms with E-state index < -0.39 is 23.7 Å². The molecular weight excluding hydrogens is 310 g/mol. The minimum atomic E-state index is -1.39. The molecule has 2 aliphatic heterocycles. The lowest BCUT2D eigenvalue weighted by atomic mass is 9.78. The first-order valence-electron chi connectivity index (χ1n) is 7.94. The maximum atomic E-state index is 13.0. The van der Waals surface area contributed by atoms with Crippen molar-refractivity contribution in [2.75, 3.05) is 6.61 Å². The average molecular weight is 327 g/mol. The summed E-state index contributed by atoms with van der Waals surface area (Å²) in [6.07, 6.45) is 0.655. The second kappa shape index (κ2) is 5.21. The first-order valence-corrected chi connectivity index (χ1v) is 7.94. The Hall–Kier alpha value is -2.60. The highest BCUT2D eigenvalue weighted by Gasteiger charge is 2.67.